The number of hydrogen-bond acceptors (Lipinski definition) is 0. The van der Waals surface area contributed by atoms with E-state index in [-0.39, 0.29) is 12.4 Å². The fourth-order valence-corrected chi connectivity index (χ4v) is 4.66. The Balaban J connectivity index is 0. The van der Waals surface area contributed by atoms with E-state index in [1.807, 2.05) is 0 Å². The SMILES string of the molecule is CCCCCCCCCCCCCCCCCCCCCCCCC/C=C/CC[NH+](C)C.[Cl-]. The van der Waals surface area contributed by atoms with E-state index >= 15 is 0 Å². The summed E-state index contributed by atoms with van der Waals surface area (Å²) < 4.78 is 0. The average Bonchev–Trinajstić information content (AvgIpc) is 2.78. The van der Waals surface area contributed by atoms with Gasteiger partial charge in [0.15, 0.2) is 0 Å². The smallest absolute Gasteiger partial charge is 0.0801 e. The Morgan fingerprint density at radius 2 is 0.667 bits per heavy atom. The third-order valence-corrected chi connectivity index (χ3v) is 6.95. The van der Waals surface area contributed by atoms with Crippen LogP contribution >= 0.6 is 0 Å². The molecule has 0 fully saturated rings. The van der Waals surface area contributed by atoms with E-state index in [9.17, 15) is 0 Å². The summed E-state index contributed by atoms with van der Waals surface area (Å²) in [5.41, 5.74) is 0. The van der Waals surface area contributed by atoms with Gasteiger partial charge in [-0.2, -0.15) is 0 Å². The van der Waals surface area contributed by atoms with Crippen molar-refractivity contribution < 1.29 is 17.3 Å². The summed E-state index contributed by atoms with van der Waals surface area (Å²) >= 11 is 0. The highest BCUT2D eigenvalue weighted by atomic mass is 35.5. The van der Waals surface area contributed by atoms with Crippen LogP contribution in [0.5, 0.6) is 0 Å². The highest BCUT2D eigenvalue weighted by Crippen LogP contribution is 2.15. The Morgan fingerprint density at radius 1 is 0.394 bits per heavy atom. The van der Waals surface area contributed by atoms with Crippen LogP contribution in [0.15, 0.2) is 12.2 Å². The van der Waals surface area contributed by atoms with Crippen molar-refractivity contribution in [1.29, 1.82) is 0 Å². The van der Waals surface area contributed by atoms with Crippen molar-refractivity contribution in [3.63, 3.8) is 0 Å². The summed E-state index contributed by atoms with van der Waals surface area (Å²) in [6, 6.07) is 0. The predicted octanol–water partition coefficient (Wildman–Crippen LogP) is 6.46. The molecule has 0 aliphatic rings. The van der Waals surface area contributed by atoms with Gasteiger partial charge >= 0.3 is 0 Å². The molecule has 0 aromatic carbocycles. The highest BCUT2D eigenvalue weighted by Gasteiger charge is 1.96. The van der Waals surface area contributed by atoms with E-state index < -0.39 is 0 Å². The number of nitrogens with one attached hydrogen (secondary N) is 1. The molecule has 0 bridgehead atoms. The first-order valence-corrected chi connectivity index (χ1v) is 15.2. The fraction of sp³-hybridized carbons (Fsp3) is 0.935. The van der Waals surface area contributed by atoms with Crippen molar-refractivity contribution in [2.45, 2.75) is 167 Å². The molecule has 0 heterocycles. The van der Waals surface area contributed by atoms with Gasteiger partial charge in [-0.05, 0) is 12.8 Å². The lowest BCUT2D eigenvalue weighted by Crippen LogP contribution is -3.05. The van der Waals surface area contributed by atoms with E-state index in [1.54, 1.807) is 4.90 Å². The zero-order valence-corrected chi connectivity index (χ0v) is 24.2. The molecule has 0 amide bonds. The summed E-state index contributed by atoms with van der Waals surface area (Å²) in [5.74, 6) is 0. The first-order chi connectivity index (χ1) is 15.8. The van der Waals surface area contributed by atoms with E-state index in [0.29, 0.717) is 0 Å². The molecular weight excluding hydrogens is 422 g/mol. The molecule has 0 aliphatic heterocycles. The molecule has 0 unspecified atom stereocenters. The highest BCUT2D eigenvalue weighted by molar-refractivity contribution is 4.80. The van der Waals surface area contributed by atoms with Gasteiger partial charge in [0.25, 0.3) is 0 Å². The lowest BCUT2D eigenvalue weighted by atomic mass is 10.0. The number of quaternary nitrogens is 1. The molecule has 1 N–H and O–H groups in total. The first kappa shape index (κ1) is 35.2. The summed E-state index contributed by atoms with van der Waals surface area (Å²) in [6.07, 6.45) is 41.1. The molecule has 1 nitrogen and oxygen atoms in total. The first-order valence-electron chi connectivity index (χ1n) is 15.2. The Hall–Kier alpha value is -0.0100. The molecule has 0 atom stereocenters. The minimum atomic E-state index is 0. The van der Waals surface area contributed by atoms with Crippen molar-refractivity contribution in [2.24, 2.45) is 0 Å². The second-order valence-corrected chi connectivity index (χ2v) is 10.8. The van der Waals surface area contributed by atoms with Gasteiger partial charge in [0.05, 0.1) is 20.6 Å². The maximum absolute atomic E-state index is 2.40. The Morgan fingerprint density at radius 3 is 0.970 bits per heavy atom. The quantitative estimate of drug-likeness (QED) is 0.100. The second kappa shape index (κ2) is 32.0. The number of allylic oxidation sites excluding steroid dienone is 1. The van der Waals surface area contributed by atoms with Gasteiger partial charge in [0.2, 0.25) is 0 Å². The Labute approximate surface area is 217 Å². The second-order valence-electron chi connectivity index (χ2n) is 10.8. The number of hydrogen-bond donors (Lipinski definition) is 1. The van der Waals surface area contributed by atoms with Crippen molar-refractivity contribution in [3.8, 4) is 0 Å². The number of halogens is 1. The molecule has 0 saturated carbocycles. The van der Waals surface area contributed by atoms with Gasteiger partial charge in [0.1, 0.15) is 0 Å². The normalized spacial score (nSPS) is 11.5. The Bertz CT molecular complexity index is 353. The van der Waals surface area contributed by atoms with Crippen LogP contribution in [-0.4, -0.2) is 20.6 Å². The van der Waals surface area contributed by atoms with Crippen LogP contribution < -0.4 is 17.3 Å². The van der Waals surface area contributed by atoms with E-state index in [2.05, 4.69) is 33.2 Å². The average molecular weight is 486 g/mol. The summed E-state index contributed by atoms with van der Waals surface area (Å²) in [6.45, 7) is 3.56. The van der Waals surface area contributed by atoms with Crippen molar-refractivity contribution in [2.75, 3.05) is 20.6 Å². The molecule has 0 saturated heterocycles. The molecule has 0 radical (unpaired) electrons. The van der Waals surface area contributed by atoms with Crippen LogP contribution in [0.3, 0.4) is 0 Å². The Kier molecular flexibility index (Phi) is 34.1. The van der Waals surface area contributed by atoms with Crippen molar-refractivity contribution in [3.05, 3.63) is 12.2 Å². The van der Waals surface area contributed by atoms with Gasteiger partial charge in [-0.3, -0.25) is 0 Å². The largest absolute Gasteiger partial charge is 1.00 e. The molecule has 0 rings (SSSR count). The van der Waals surface area contributed by atoms with Crippen LogP contribution in [0.1, 0.15) is 167 Å². The zero-order valence-electron chi connectivity index (χ0n) is 23.4. The molecular formula is C31H64ClN. The van der Waals surface area contributed by atoms with Gasteiger partial charge in [-0.15, -0.1) is 0 Å². The lowest BCUT2D eigenvalue weighted by molar-refractivity contribution is -0.857. The minimum absolute atomic E-state index is 0. The van der Waals surface area contributed by atoms with Crippen LogP contribution in [0.2, 0.25) is 0 Å². The molecule has 2 heteroatoms. The summed E-state index contributed by atoms with van der Waals surface area (Å²) in [4.78, 5) is 1.55. The van der Waals surface area contributed by atoms with Crippen LogP contribution in [0, 0.1) is 0 Å². The molecule has 0 aliphatic carbocycles. The topological polar surface area (TPSA) is 4.44 Å². The monoisotopic (exact) mass is 485 g/mol. The van der Waals surface area contributed by atoms with Crippen LogP contribution in [-0.2, 0) is 0 Å². The third-order valence-electron chi connectivity index (χ3n) is 6.95. The molecule has 200 valence electrons. The van der Waals surface area contributed by atoms with E-state index in [4.69, 9.17) is 0 Å². The maximum atomic E-state index is 2.40. The predicted molar refractivity (Wildman–Crippen MR) is 148 cm³/mol. The van der Waals surface area contributed by atoms with Gasteiger partial charge in [-0.1, -0.05) is 160 Å². The molecule has 0 spiro atoms. The third kappa shape index (κ3) is 34.2. The van der Waals surface area contributed by atoms with E-state index in [1.165, 1.54) is 167 Å². The van der Waals surface area contributed by atoms with Crippen LogP contribution in [0.4, 0.5) is 0 Å². The van der Waals surface area contributed by atoms with E-state index in [0.717, 1.165) is 0 Å². The zero-order chi connectivity index (χ0) is 23.4. The van der Waals surface area contributed by atoms with Gasteiger partial charge in [0, 0.05) is 6.42 Å². The van der Waals surface area contributed by atoms with Crippen LogP contribution in [0.25, 0.3) is 0 Å². The standard InChI is InChI=1S/C31H63N.ClH/c1-4-5-6-7-8-9-10-11-12-13-14-15-16-17-18-19-20-21-22-23-24-25-26-27-28-29-30-31-32(2)3;/h28-29H,4-27,30-31H2,1-3H3;1H/b29-28+;. The molecule has 33 heavy (non-hydrogen) atoms. The summed E-state index contributed by atoms with van der Waals surface area (Å²) in [7, 11) is 4.46. The van der Waals surface area contributed by atoms with Crippen molar-refractivity contribution >= 4 is 0 Å². The number of rotatable bonds is 27. The van der Waals surface area contributed by atoms with Gasteiger partial charge < -0.3 is 17.3 Å². The minimum Gasteiger partial charge on any atom is -1.00 e. The summed E-state index contributed by atoms with van der Waals surface area (Å²) in [5, 5.41) is 0. The maximum Gasteiger partial charge on any atom is 0.0801 e. The van der Waals surface area contributed by atoms with Gasteiger partial charge in [-0.25, -0.2) is 0 Å². The number of unbranched alkanes of at least 4 members (excludes halogenated alkanes) is 23. The fourth-order valence-electron chi connectivity index (χ4n) is 4.66. The lowest BCUT2D eigenvalue weighted by Gasteiger charge is -2.04. The molecule has 0 aromatic rings. The van der Waals surface area contributed by atoms with Crippen molar-refractivity contribution in [1.82, 2.24) is 0 Å². The molecule has 0 aromatic heterocycles.